The third-order valence-corrected chi connectivity index (χ3v) is 4.00. The van der Waals surface area contributed by atoms with Crippen LogP contribution in [-0.4, -0.2) is 22.1 Å². The summed E-state index contributed by atoms with van der Waals surface area (Å²) in [5.74, 6) is -0.998. The van der Waals surface area contributed by atoms with Crippen LogP contribution < -0.4 is 0 Å². The van der Waals surface area contributed by atoms with E-state index in [1.54, 1.807) is 13.8 Å². The number of thioether (sulfide) groups is 1. The first-order chi connectivity index (χ1) is 8.40. The molecule has 1 aromatic rings. The van der Waals surface area contributed by atoms with Crippen LogP contribution in [0.15, 0.2) is 29.2 Å². The van der Waals surface area contributed by atoms with E-state index in [1.807, 2.05) is 31.2 Å². The first kappa shape index (κ1) is 14.8. The normalized spacial score (nSPS) is 13.9. The van der Waals surface area contributed by atoms with E-state index < -0.39 is 5.97 Å². The Balaban J connectivity index is 2.63. The zero-order valence-electron chi connectivity index (χ0n) is 10.8. The number of carbonyl (C=O) groups is 2. The lowest BCUT2D eigenvalue weighted by Gasteiger charge is -2.09. The molecule has 0 bridgehead atoms. The summed E-state index contributed by atoms with van der Waals surface area (Å²) >= 11 is 1.52. The quantitative estimate of drug-likeness (QED) is 0.804. The predicted octanol–water partition coefficient (Wildman–Crippen LogP) is 3.02. The van der Waals surface area contributed by atoms with E-state index >= 15 is 0 Å². The molecule has 18 heavy (non-hydrogen) atoms. The number of carbonyl (C=O) groups excluding carboxylic acids is 1. The molecule has 0 fully saturated rings. The SMILES string of the molecule is CC(=O)C(C)Sc1ccc(CC(C)C(=O)O)cc1. The van der Waals surface area contributed by atoms with Gasteiger partial charge in [0.2, 0.25) is 0 Å². The average molecular weight is 266 g/mol. The van der Waals surface area contributed by atoms with Gasteiger partial charge in [0.1, 0.15) is 5.78 Å². The zero-order valence-corrected chi connectivity index (χ0v) is 11.7. The van der Waals surface area contributed by atoms with E-state index in [0.717, 1.165) is 10.5 Å². The van der Waals surface area contributed by atoms with Crippen LogP contribution in [0.3, 0.4) is 0 Å². The van der Waals surface area contributed by atoms with E-state index in [-0.39, 0.29) is 17.0 Å². The number of rotatable bonds is 6. The molecule has 98 valence electrons. The van der Waals surface area contributed by atoms with Gasteiger partial charge in [0.25, 0.3) is 0 Å². The molecule has 1 rings (SSSR count). The Kier molecular flexibility index (Phi) is 5.41. The lowest BCUT2D eigenvalue weighted by atomic mass is 10.0. The minimum Gasteiger partial charge on any atom is -0.481 e. The van der Waals surface area contributed by atoms with Crippen molar-refractivity contribution in [1.29, 1.82) is 0 Å². The van der Waals surface area contributed by atoms with Crippen LogP contribution in [0.25, 0.3) is 0 Å². The molecule has 0 aliphatic heterocycles. The summed E-state index contributed by atoms with van der Waals surface area (Å²) in [6, 6.07) is 7.73. The van der Waals surface area contributed by atoms with Crippen molar-refractivity contribution >= 4 is 23.5 Å². The predicted molar refractivity (Wildman–Crippen MR) is 72.9 cm³/mol. The third kappa shape index (κ3) is 4.53. The van der Waals surface area contributed by atoms with Gasteiger partial charge in [-0.3, -0.25) is 9.59 Å². The largest absolute Gasteiger partial charge is 0.481 e. The van der Waals surface area contributed by atoms with Crippen LogP contribution in [0.5, 0.6) is 0 Å². The lowest BCUT2D eigenvalue weighted by Crippen LogP contribution is -2.12. The van der Waals surface area contributed by atoms with Gasteiger partial charge < -0.3 is 5.11 Å². The molecular formula is C14H18O3S. The monoisotopic (exact) mass is 266 g/mol. The molecule has 3 nitrogen and oxygen atoms in total. The van der Waals surface area contributed by atoms with Crippen molar-refractivity contribution < 1.29 is 14.7 Å². The zero-order chi connectivity index (χ0) is 13.7. The topological polar surface area (TPSA) is 54.4 Å². The van der Waals surface area contributed by atoms with Crippen molar-refractivity contribution in [2.24, 2.45) is 5.92 Å². The summed E-state index contributed by atoms with van der Waals surface area (Å²) < 4.78 is 0. The van der Waals surface area contributed by atoms with Crippen LogP contribution in [0.1, 0.15) is 26.3 Å². The number of Topliss-reactive ketones (excluding diaryl/α,β-unsaturated/α-hetero) is 1. The molecule has 0 saturated heterocycles. The summed E-state index contributed by atoms with van der Waals surface area (Å²) in [4.78, 5) is 22.9. The number of carboxylic acids is 1. The molecule has 0 aliphatic carbocycles. The molecule has 0 radical (unpaired) electrons. The second-order valence-corrected chi connectivity index (χ2v) is 5.87. The van der Waals surface area contributed by atoms with Crippen molar-refractivity contribution in [2.45, 2.75) is 37.3 Å². The fourth-order valence-electron chi connectivity index (χ4n) is 1.43. The van der Waals surface area contributed by atoms with Gasteiger partial charge in [-0.15, -0.1) is 11.8 Å². The molecule has 0 saturated carbocycles. The Morgan fingerprint density at radius 1 is 1.22 bits per heavy atom. The number of carboxylic acid groups (broad SMARTS) is 1. The van der Waals surface area contributed by atoms with Crippen molar-refractivity contribution in [3.8, 4) is 0 Å². The number of benzene rings is 1. The maximum Gasteiger partial charge on any atom is 0.306 e. The van der Waals surface area contributed by atoms with Gasteiger partial charge >= 0.3 is 5.97 Å². The standard InChI is InChI=1S/C14H18O3S/c1-9(14(16)17)8-12-4-6-13(7-5-12)18-11(3)10(2)15/h4-7,9,11H,8H2,1-3H3,(H,16,17). The van der Waals surface area contributed by atoms with E-state index in [1.165, 1.54) is 11.8 Å². The van der Waals surface area contributed by atoms with Crippen LogP contribution in [0.4, 0.5) is 0 Å². The first-order valence-electron chi connectivity index (χ1n) is 5.89. The minimum absolute atomic E-state index is 0.0474. The maximum atomic E-state index is 11.1. The summed E-state index contributed by atoms with van der Waals surface area (Å²) in [5, 5.41) is 8.79. The molecule has 2 unspecified atom stereocenters. The Morgan fingerprint density at radius 3 is 2.22 bits per heavy atom. The molecule has 2 atom stereocenters. The highest BCUT2D eigenvalue weighted by Crippen LogP contribution is 2.24. The third-order valence-electron chi connectivity index (χ3n) is 2.77. The Bertz CT molecular complexity index is 384. The van der Waals surface area contributed by atoms with Crippen LogP contribution in [-0.2, 0) is 16.0 Å². The lowest BCUT2D eigenvalue weighted by molar-refractivity contribution is -0.141. The molecule has 1 aromatic carbocycles. The van der Waals surface area contributed by atoms with Crippen LogP contribution in [0, 0.1) is 5.92 Å². The number of hydrogen-bond acceptors (Lipinski definition) is 3. The van der Waals surface area contributed by atoms with Crippen LogP contribution >= 0.6 is 11.8 Å². The van der Waals surface area contributed by atoms with Crippen molar-refractivity contribution in [1.82, 2.24) is 0 Å². The van der Waals surface area contributed by atoms with Gasteiger partial charge in [-0.25, -0.2) is 0 Å². The van der Waals surface area contributed by atoms with E-state index in [0.29, 0.717) is 6.42 Å². The molecular weight excluding hydrogens is 248 g/mol. The molecule has 0 aromatic heterocycles. The molecule has 1 N–H and O–H groups in total. The molecule has 0 spiro atoms. The van der Waals surface area contributed by atoms with Crippen LogP contribution in [0.2, 0.25) is 0 Å². The van der Waals surface area contributed by atoms with E-state index in [2.05, 4.69) is 0 Å². The highest BCUT2D eigenvalue weighted by Gasteiger charge is 2.12. The number of aliphatic carboxylic acids is 1. The summed E-state index contributed by atoms with van der Waals surface area (Å²) in [7, 11) is 0. The second kappa shape index (κ2) is 6.59. The van der Waals surface area contributed by atoms with Gasteiger partial charge in [0, 0.05) is 4.90 Å². The fraction of sp³-hybridized carbons (Fsp3) is 0.429. The van der Waals surface area contributed by atoms with Gasteiger partial charge in [-0.05, 0) is 38.0 Å². The molecule has 0 amide bonds. The summed E-state index contributed by atoms with van der Waals surface area (Å²) in [5.41, 5.74) is 1.00. The summed E-state index contributed by atoms with van der Waals surface area (Å²) in [6.45, 7) is 5.16. The van der Waals surface area contributed by atoms with E-state index in [9.17, 15) is 9.59 Å². The highest BCUT2D eigenvalue weighted by atomic mass is 32.2. The van der Waals surface area contributed by atoms with Gasteiger partial charge in [-0.2, -0.15) is 0 Å². The Morgan fingerprint density at radius 2 is 1.78 bits per heavy atom. The Labute approximate surface area is 112 Å². The van der Waals surface area contributed by atoms with Gasteiger partial charge in [-0.1, -0.05) is 19.1 Å². The smallest absolute Gasteiger partial charge is 0.306 e. The highest BCUT2D eigenvalue weighted by molar-refractivity contribution is 8.00. The Hall–Kier alpha value is -1.29. The van der Waals surface area contributed by atoms with Gasteiger partial charge in [0.05, 0.1) is 11.2 Å². The number of hydrogen-bond donors (Lipinski definition) is 1. The van der Waals surface area contributed by atoms with E-state index in [4.69, 9.17) is 5.11 Å². The van der Waals surface area contributed by atoms with Crippen molar-refractivity contribution in [2.75, 3.05) is 0 Å². The maximum absolute atomic E-state index is 11.1. The molecule has 0 aliphatic rings. The van der Waals surface area contributed by atoms with Crippen molar-refractivity contribution in [3.63, 3.8) is 0 Å². The molecule has 4 heteroatoms. The number of ketones is 1. The molecule has 0 heterocycles. The first-order valence-corrected chi connectivity index (χ1v) is 6.77. The fourth-order valence-corrected chi connectivity index (χ4v) is 2.30. The second-order valence-electron chi connectivity index (χ2n) is 4.46. The minimum atomic E-state index is -0.779. The average Bonchev–Trinajstić information content (AvgIpc) is 2.31. The van der Waals surface area contributed by atoms with Crippen molar-refractivity contribution in [3.05, 3.63) is 29.8 Å². The van der Waals surface area contributed by atoms with Gasteiger partial charge in [0.15, 0.2) is 0 Å². The summed E-state index contributed by atoms with van der Waals surface area (Å²) in [6.07, 6.45) is 0.530.